The number of hydrogen-bond donors (Lipinski definition) is 0. The van der Waals surface area contributed by atoms with Crippen LogP contribution in [0.25, 0.3) is 11.0 Å². The van der Waals surface area contributed by atoms with E-state index in [2.05, 4.69) is 4.98 Å². The third-order valence-electron chi connectivity index (χ3n) is 6.05. The number of rotatable bonds is 6. The lowest BCUT2D eigenvalue weighted by molar-refractivity contribution is -0.0464. The fraction of sp³-hybridized carbons (Fsp3) is 0.619. The van der Waals surface area contributed by atoms with E-state index in [0.29, 0.717) is 53.8 Å². The van der Waals surface area contributed by atoms with Gasteiger partial charge in [-0.15, -0.1) is 0 Å². The van der Waals surface area contributed by atoms with Gasteiger partial charge in [0.05, 0.1) is 17.7 Å². The number of hydrogen-bond acceptors (Lipinski definition) is 3. The van der Waals surface area contributed by atoms with Crippen LogP contribution in [0.3, 0.4) is 0 Å². The second kappa shape index (κ2) is 8.07. The molecule has 1 saturated heterocycles. The summed E-state index contributed by atoms with van der Waals surface area (Å²) in [6, 6.07) is 1.69. The van der Waals surface area contributed by atoms with Crippen LogP contribution < -0.4 is 0 Å². The molecule has 0 N–H and O–H groups in total. The Labute approximate surface area is 168 Å². The van der Waals surface area contributed by atoms with Gasteiger partial charge in [-0.2, -0.15) is 0 Å². The highest BCUT2D eigenvalue weighted by Crippen LogP contribution is 2.38. The maximum Gasteiger partial charge on any atom is 0.248 e. The van der Waals surface area contributed by atoms with Crippen LogP contribution in [-0.4, -0.2) is 34.0 Å². The summed E-state index contributed by atoms with van der Waals surface area (Å²) >= 11 is 6.40. The van der Waals surface area contributed by atoms with Crippen molar-refractivity contribution in [3.8, 4) is 0 Å². The molecule has 0 amide bonds. The molecule has 2 aliphatic rings. The van der Waals surface area contributed by atoms with Crippen molar-refractivity contribution in [2.24, 2.45) is 5.92 Å². The maximum atomic E-state index is 13.3. The number of fused-ring (bicyclic) bond motifs is 1. The Morgan fingerprint density at radius 3 is 2.82 bits per heavy atom. The number of ether oxygens (including phenoxy) is 1. The highest BCUT2D eigenvalue weighted by atomic mass is 35.5. The fourth-order valence-electron chi connectivity index (χ4n) is 4.39. The zero-order valence-corrected chi connectivity index (χ0v) is 16.6. The van der Waals surface area contributed by atoms with Crippen molar-refractivity contribution in [1.29, 1.82) is 0 Å². The molecule has 0 radical (unpaired) electrons. The van der Waals surface area contributed by atoms with Gasteiger partial charge in [0.2, 0.25) is 5.92 Å². The number of carbonyl (C=O) groups is 1. The summed E-state index contributed by atoms with van der Waals surface area (Å²) in [6.45, 7) is 1.42. The van der Waals surface area contributed by atoms with Crippen molar-refractivity contribution in [3.63, 3.8) is 0 Å². The molecule has 4 nitrogen and oxygen atoms in total. The summed E-state index contributed by atoms with van der Waals surface area (Å²) in [7, 11) is 0. The Kier molecular flexibility index (Phi) is 5.70. The zero-order valence-electron chi connectivity index (χ0n) is 15.8. The quantitative estimate of drug-likeness (QED) is 0.577. The molecule has 4 rings (SSSR count). The molecular weight excluding hydrogens is 386 g/mol. The lowest BCUT2D eigenvalue weighted by Gasteiger charge is -2.27. The first-order valence-corrected chi connectivity index (χ1v) is 10.5. The summed E-state index contributed by atoms with van der Waals surface area (Å²) in [5.74, 6) is -2.34. The monoisotopic (exact) mass is 410 g/mol. The van der Waals surface area contributed by atoms with Crippen molar-refractivity contribution >= 4 is 28.4 Å². The molecule has 28 heavy (non-hydrogen) atoms. The largest absolute Gasteiger partial charge is 0.376 e. The van der Waals surface area contributed by atoms with E-state index >= 15 is 0 Å². The molecule has 0 spiro atoms. The third kappa shape index (κ3) is 4.23. The van der Waals surface area contributed by atoms with Gasteiger partial charge in [-0.1, -0.05) is 11.6 Å². The number of carbonyl (C=O) groups excluding carboxylic acids is 1. The van der Waals surface area contributed by atoms with Crippen molar-refractivity contribution in [1.82, 2.24) is 9.55 Å². The third-order valence-corrected chi connectivity index (χ3v) is 6.36. The van der Waals surface area contributed by atoms with Crippen LogP contribution in [-0.2, 0) is 11.3 Å². The van der Waals surface area contributed by atoms with Gasteiger partial charge in [0.25, 0.3) is 0 Å². The molecule has 1 saturated carbocycles. The van der Waals surface area contributed by atoms with Crippen molar-refractivity contribution in [2.45, 2.75) is 69.9 Å². The van der Waals surface area contributed by atoms with E-state index in [9.17, 15) is 13.6 Å². The van der Waals surface area contributed by atoms with Gasteiger partial charge in [-0.05, 0) is 44.1 Å². The predicted molar refractivity (Wildman–Crippen MR) is 104 cm³/mol. The van der Waals surface area contributed by atoms with Gasteiger partial charge in [0.1, 0.15) is 5.65 Å². The van der Waals surface area contributed by atoms with Crippen LogP contribution in [0.2, 0.25) is 5.02 Å². The lowest BCUT2D eigenvalue weighted by Crippen LogP contribution is -2.24. The summed E-state index contributed by atoms with van der Waals surface area (Å²) in [6.07, 6.45) is 7.49. The predicted octanol–water partition coefficient (Wildman–Crippen LogP) is 5.66. The topological polar surface area (TPSA) is 44.1 Å². The molecule has 3 heterocycles. The SMILES string of the molecule is O=C(CCC1CCC(F)(F)CC1)c1cn(CC2CCCO2)c2nccc(Cl)c12. The molecule has 0 aromatic carbocycles. The van der Waals surface area contributed by atoms with Crippen LogP contribution in [0.1, 0.15) is 61.7 Å². The molecular formula is C21H25ClF2N2O2. The van der Waals surface area contributed by atoms with E-state index in [1.807, 2.05) is 10.8 Å². The molecule has 152 valence electrons. The number of pyridine rings is 1. The van der Waals surface area contributed by atoms with Crippen LogP contribution >= 0.6 is 11.6 Å². The van der Waals surface area contributed by atoms with E-state index < -0.39 is 5.92 Å². The van der Waals surface area contributed by atoms with Crippen molar-refractivity contribution in [2.75, 3.05) is 6.61 Å². The standard InChI is InChI=1S/C21H25ClF2N2O2/c22-17-7-10-25-20-19(17)16(13-26(20)12-15-2-1-11-28-15)18(27)4-3-14-5-8-21(23,24)9-6-14/h7,10,13-15H,1-6,8-9,11-12H2. The number of aromatic nitrogens is 2. The van der Waals surface area contributed by atoms with Crippen molar-refractivity contribution in [3.05, 3.63) is 29.0 Å². The Balaban J connectivity index is 1.50. The van der Waals surface area contributed by atoms with E-state index in [1.54, 1.807) is 12.3 Å². The number of nitrogens with zero attached hydrogens (tertiary/aromatic N) is 2. The first kappa shape index (κ1) is 19.8. The summed E-state index contributed by atoms with van der Waals surface area (Å²) < 4.78 is 34.3. The van der Waals surface area contributed by atoms with Crippen molar-refractivity contribution < 1.29 is 18.3 Å². The lowest BCUT2D eigenvalue weighted by atomic mass is 9.83. The Bertz CT molecular complexity index is 851. The van der Waals surface area contributed by atoms with E-state index in [0.717, 1.165) is 19.4 Å². The number of alkyl halides is 2. The molecule has 1 aliphatic carbocycles. The fourth-order valence-corrected chi connectivity index (χ4v) is 4.64. The molecule has 2 aromatic rings. The van der Waals surface area contributed by atoms with E-state index in [4.69, 9.17) is 16.3 Å². The second-order valence-corrected chi connectivity index (χ2v) is 8.49. The molecule has 1 atom stereocenters. The zero-order chi connectivity index (χ0) is 19.7. The summed E-state index contributed by atoms with van der Waals surface area (Å²) in [4.78, 5) is 17.4. The minimum absolute atomic E-state index is 0.00308. The Morgan fingerprint density at radius 2 is 2.11 bits per heavy atom. The Morgan fingerprint density at radius 1 is 1.32 bits per heavy atom. The Hall–Kier alpha value is -1.53. The number of Topliss-reactive ketones (excluding diaryl/α,β-unsaturated/α-hetero) is 1. The first-order chi connectivity index (χ1) is 13.4. The highest BCUT2D eigenvalue weighted by Gasteiger charge is 2.35. The van der Waals surface area contributed by atoms with Crippen LogP contribution in [0.15, 0.2) is 18.5 Å². The molecule has 1 unspecified atom stereocenters. The molecule has 0 bridgehead atoms. The number of halogens is 3. The highest BCUT2D eigenvalue weighted by molar-refractivity contribution is 6.36. The van der Waals surface area contributed by atoms with E-state index in [1.165, 1.54) is 0 Å². The second-order valence-electron chi connectivity index (χ2n) is 8.08. The van der Waals surface area contributed by atoms with E-state index in [-0.39, 0.29) is 30.6 Å². The average Bonchev–Trinajstić information content (AvgIpc) is 3.30. The molecule has 7 heteroatoms. The van der Waals surface area contributed by atoms with Gasteiger partial charge >= 0.3 is 0 Å². The average molecular weight is 411 g/mol. The maximum absolute atomic E-state index is 13.3. The molecule has 2 aromatic heterocycles. The van der Waals surface area contributed by atoms with Crippen LogP contribution in [0.4, 0.5) is 8.78 Å². The number of ketones is 1. The first-order valence-electron chi connectivity index (χ1n) is 10.1. The van der Waals surface area contributed by atoms with Gasteiger partial charge < -0.3 is 9.30 Å². The molecule has 2 fully saturated rings. The van der Waals surface area contributed by atoms with Crippen LogP contribution in [0, 0.1) is 5.92 Å². The minimum atomic E-state index is -2.53. The smallest absolute Gasteiger partial charge is 0.248 e. The normalized spacial score (nSPS) is 22.8. The van der Waals surface area contributed by atoms with Gasteiger partial charge in [0.15, 0.2) is 5.78 Å². The minimum Gasteiger partial charge on any atom is -0.376 e. The van der Waals surface area contributed by atoms with Crippen LogP contribution in [0.5, 0.6) is 0 Å². The van der Waals surface area contributed by atoms with Gasteiger partial charge in [-0.3, -0.25) is 4.79 Å². The van der Waals surface area contributed by atoms with Gasteiger partial charge in [0, 0.05) is 49.2 Å². The molecule has 1 aliphatic heterocycles. The summed E-state index contributed by atoms with van der Waals surface area (Å²) in [5, 5.41) is 1.19. The summed E-state index contributed by atoms with van der Waals surface area (Å²) in [5.41, 5.74) is 1.27. The van der Waals surface area contributed by atoms with Gasteiger partial charge in [-0.25, -0.2) is 13.8 Å².